The summed E-state index contributed by atoms with van der Waals surface area (Å²) in [6.07, 6.45) is 0. The van der Waals surface area contributed by atoms with Crippen molar-refractivity contribution in [2.75, 3.05) is 0 Å². The van der Waals surface area contributed by atoms with Crippen LogP contribution in [-0.2, 0) is 0 Å². The largest absolute Gasteiger partial charge is 0.309 e. The fourth-order valence-corrected chi connectivity index (χ4v) is 19.9. The van der Waals surface area contributed by atoms with E-state index < -0.39 is 0 Å². The number of hydrogen-bond acceptors (Lipinski definition) is 0. The third kappa shape index (κ3) is 10.5. The van der Waals surface area contributed by atoms with Crippen LogP contribution in [0.2, 0.25) is 0 Å². The molecule has 120 heavy (non-hydrogen) atoms. The lowest BCUT2D eigenvalue weighted by atomic mass is 9.98. The molecule has 6 aromatic heterocycles. The van der Waals surface area contributed by atoms with Gasteiger partial charge in [0.05, 0.1) is 66.2 Å². The highest BCUT2D eigenvalue weighted by Gasteiger charge is 2.23. The maximum atomic E-state index is 2.45. The van der Waals surface area contributed by atoms with Crippen LogP contribution in [0.4, 0.5) is 0 Å². The van der Waals surface area contributed by atoms with Gasteiger partial charge < -0.3 is 27.4 Å². The van der Waals surface area contributed by atoms with Crippen LogP contribution in [-0.4, -0.2) is 27.4 Å². The summed E-state index contributed by atoms with van der Waals surface area (Å²) >= 11 is 0. The lowest BCUT2D eigenvalue weighted by Gasteiger charge is -2.14. The Morgan fingerprint density at radius 2 is 0.283 bits per heavy atom. The highest BCUT2D eigenvalue weighted by molar-refractivity contribution is 6.17. The van der Waals surface area contributed by atoms with Gasteiger partial charge in [-0.1, -0.05) is 255 Å². The standard InChI is InChI=1S/C114H72N6/c1-3-24-73(25-4-1)83-62-84(74-26-5-2-6-27-74)67-90(66-83)120-109-47-20-13-40-97(109)102-72-82(52-61-114(102)120)79-49-58-111-99(69-79)94-37-10-17-44-106(94)116(111)86-55-53-85(54-56-86)115-105-43-16-9-36-93(105)98-68-78(48-57-110(98)115)77-30-23-33-89(65-77)119-108-46-19-12-39-96(108)101-71-81(51-60-113(101)119)80-50-59-112-100(70-80)95-38-11-18-45-107(95)118(112)88-32-22-29-76(64-88)75-28-21-31-87(63-75)117-103-41-14-7-34-91(103)92-35-8-15-42-104(92)117/h1-72H. The molecule has 0 aliphatic rings. The minimum atomic E-state index is 1.11. The van der Waals surface area contributed by atoms with E-state index in [0.717, 1.165) is 56.3 Å². The fourth-order valence-electron chi connectivity index (χ4n) is 19.9. The zero-order valence-corrected chi connectivity index (χ0v) is 65.3. The first kappa shape index (κ1) is 67.3. The fraction of sp³-hybridized carbons (Fsp3) is 0. The smallest absolute Gasteiger partial charge is 0.0541 e. The summed E-state index contributed by atoms with van der Waals surface area (Å²) in [5, 5.41) is 14.7. The van der Waals surface area contributed by atoms with Crippen molar-refractivity contribution in [3.05, 3.63) is 437 Å². The van der Waals surface area contributed by atoms with E-state index in [1.807, 2.05) is 0 Å². The van der Waals surface area contributed by atoms with Gasteiger partial charge in [0.15, 0.2) is 0 Å². The summed E-state index contributed by atoms with van der Waals surface area (Å²) in [5.41, 5.74) is 35.0. The van der Waals surface area contributed by atoms with Gasteiger partial charge in [0, 0.05) is 98.8 Å². The summed E-state index contributed by atoms with van der Waals surface area (Å²) in [6, 6.07) is 162. The zero-order chi connectivity index (χ0) is 78.6. The number of benzene rings is 19. The van der Waals surface area contributed by atoms with Crippen LogP contribution in [0.5, 0.6) is 0 Å². The highest BCUT2D eigenvalue weighted by atomic mass is 15.0. The van der Waals surface area contributed by atoms with Crippen LogP contribution in [0.3, 0.4) is 0 Å². The molecule has 0 saturated carbocycles. The average molecular weight is 1530 g/mol. The first-order valence-corrected chi connectivity index (χ1v) is 41.3. The van der Waals surface area contributed by atoms with E-state index in [4.69, 9.17) is 0 Å². The average Bonchev–Trinajstić information content (AvgIpc) is 1.60. The predicted molar refractivity (Wildman–Crippen MR) is 505 cm³/mol. The van der Waals surface area contributed by atoms with Gasteiger partial charge in [0.25, 0.3) is 0 Å². The van der Waals surface area contributed by atoms with E-state index in [0.29, 0.717) is 0 Å². The molecule has 0 N–H and O–H groups in total. The summed E-state index contributed by atoms with van der Waals surface area (Å²) in [4.78, 5) is 0. The van der Waals surface area contributed by atoms with E-state index in [1.54, 1.807) is 0 Å². The summed E-state index contributed by atoms with van der Waals surface area (Å²) in [5.74, 6) is 0. The quantitative estimate of drug-likeness (QED) is 0.117. The molecule has 0 fully saturated rings. The van der Waals surface area contributed by atoms with Gasteiger partial charge >= 0.3 is 0 Å². The van der Waals surface area contributed by atoms with E-state index >= 15 is 0 Å². The molecule has 6 nitrogen and oxygen atoms in total. The Hall–Kier alpha value is -16.0. The van der Waals surface area contributed by atoms with Crippen LogP contribution in [0.15, 0.2) is 437 Å². The Bertz CT molecular complexity index is 8420. The molecule has 558 valence electrons. The third-order valence-corrected chi connectivity index (χ3v) is 25.3. The minimum Gasteiger partial charge on any atom is -0.309 e. The van der Waals surface area contributed by atoms with E-state index in [1.165, 1.54) is 175 Å². The lowest BCUT2D eigenvalue weighted by molar-refractivity contribution is 1.14. The van der Waals surface area contributed by atoms with E-state index in [2.05, 4.69) is 464 Å². The van der Waals surface area contributed by atoms with Crippen LogP contribution < -0.4 is 0 Å². The van der Waals surface area contributed by atoms with Crippen molar-refractivity contribution in [2.45, 2.75) is 0 Å². The number of fused-ring (bicyclic) bond motifs is 18. The molecule has 0 aliphatic heterocycles. The Morgan fingerprint density at radius 1 is 0.0917 bits per heavy atom. The Kier molecular flexibility index (Phi) is 15.0. The zero-order valence-electron chi connectivity index (χ0n) is 65.3. The molecule has 0 radical (unpaired) electrons. The van der Waals surface area contributed by atoms with Gasteiger partial charge in [0.2, 0.25) is 0 Å². The number of hydrogen-bond donors (Lipinski definition) is 0. The van der Waals surface area contributed by atoms with E-state index in [-0.39, 0.29) is 0 Å². The molecule has 25 rings (SSSR count). The Balaban J connectivity index is 0.522. The van der Waals surface area contributed by atoms with Crippen LogP contribution in [0, 0.1) is 0 Å². The summed E-state index contributed by atoms with van der Waals surface area (Å²) in [6.45, 7) is 0. The molecule has 6 heteroatoms. The van der Waals surface area contributed by atoms with Gasteiger partial charge in [-0.2, -0.15) is 0 Å². The second-order valence-corrected chi connectivity index (χ2v) is 32.0. The van der Waals surface area contributed by atoms with Crippen molar-refractivity contribution in [1.29, 1.82) is 0 Å². The molecule has 0 unspecified atom stereocenters. The van der Waals surface area contributed by atoms with Gasteiger partial charge in [-0.25, -0.2) is 0 Å². The van der Waals surface area contributed by atoms with Crippen molar-refractivity contribution in [1.82, 2.24) is 27.4 Å². The maximum absolute atomic E-state index is 2.45. The molecule has 25 aromatic rings. The first-order chi connectivity index (χ1) is 59.5. The van der Waals surface area contributed by atoms with Crippen LogP contribution in [0.25, 0.3) is 232 Å². The molecule has 0 atom stereocenters. The van der Waals surface area contributed by atoms with Crippen molar-refractivity contribution >= 4 is 131 Å². The first-order valence-electron chi connectivity index (χ1n) is 41.3. The monoisotopic (exact) mass is 1520 g/mol. The molecule has 6 heterocycles. The maximum Gasteiger partial charge on any atom is 0.0541 e. The molecular weight excluding hydrogens is 1450 g/mol. The minimum absolute atomic E-state index is 1.11. The normalized spacial score (nSPS) is 12.0. The number of para-hydroxylation sites is 7. The van der Waals surface area contributed by atoms with Crippen molar-refractivity contribution in [3.63, 3.8) is 0 Å². The van der Waals surface area contributed by atoms with Crippen molar-refractivity contribution in [3.8, 4) is 101 Å². The van der Waals surface area contributed by atoms with Gasteiger partial charge in [-0.3, -0.25) is 0 Å². The molecule has 0 aliphatic carbocycles. The van der Waals surface area contributed by atoms with Gasteiger partial charge in [-0.05, 0) is 249 Å². The molecule has 0 bridgehead atoms. The predicted octanol–water partition coefficient (Wildman–Crippen LogP) is 30.3. The molecule has 0 saturated heterocycles. The molecule has 0 amide bonds. The second kappa shape index (κ2) is 26.8. The SMILES string of the molecule is c1ccc(-c2cc(-c3ccccc3)cc(-n3c4ccccc4c4cc(-c5ccc6c(c5)c5ccccc5n6-c5ccc(-n6c7ccccc7c7cc(-c8cccc(-n9c%10ccccc%10c%10cc(-c%11ccc%12c(c%11)c%11ccccc%11n%12-c%11cccc(-c%12cccc(-n%13c%14ccccc%14c%14ccccc%14%13)c%12)c%11)ccc%109)c8)ccc76)cc5)ccc43)c2)cc1. The van der Waals surface area contributed by atoms with Crippen LogP contribution >= 0.6 is 0 Å². The number of aromatic nitrogens is 6. The van der Waals surface area contributed by atoms with Gasteiger partial charge in [0.1, 0.15) is 0 Å². The highest BCUT2D eigenvalue weighted by Crippen LogP contribution is 2.45. The van der Waals surface area contributed by atoms with E-state index in [9.17, 15) is 0 Å². The Labute approximate surface area is 691 Å². The van der Waals surface area contributed by atoms with Crippen molar-refractivity contribution in [2.24, 2.45) is 0 Å². The lowest BCUT2D eigenvalue weighted by Crippen LogP contribution is -1.97. The summed E-state index contributed by atoms with van der Waals surface area (Å²) in [7, 11) is 0. The van der Waals surface area contributed by atoms with Crippen LogP contribution in [0.1, 0.15) is 0 Å². The molecule has 0 spiro atoms. The Morgan fingerprint density at radius 3 is 0.550 bits per heavy atom. The third-order valence-electron chi connectivity index (χ3n) is 25.3. The van der Waals surface area contributed by atoms with Gasteiger partial charge in [-0.15, -0.1) is 0 Å². The summed E-state index contributed by atoms with van der Waals surface area (Å²) < 4.78 is 14.6. The van der Waals surface area contributed by atoms with Crippen molar-refractivity contribution < 1.29 is 0 Å². The molecule has 19 aromatic carbocycles. The number of nitrogens with zero attached hydrogens (tertiary/aromatic N) is 6. The molecular formula is C114H72N6. The second-order valence-electron chi connectivity index (χ2n) is 32.0. The number of rotatable bonds is 12. The topological polar surface area (TPSA) is 29.6 Å².